The Balaban J connectivity index is 2.28. The first-order chi connectivity index (χ1) is 5.74. The quantitative estimate of drug-likeness (QED) is 0.606. The van der Waals surface area contributed by atoms with Gasteiger partial charge in [-0.1, -0.05) is 0 Å². The van der Waals surface area contributed by atoms with Crippen molar-refractivity contribution in [3.8, 4) is 0 Å². The highest BCUT2D eigenvalue weighted by Crippen LogP contribution is 2.08. The van der Waals surface area contributed by atoms with Crippen molar-refractivity contribution < 1.29 is 4.79 Å². The Hall–Kier alpha value is -0.710. The molecule has 0 aromatic carbocycles. The summed E-state index contributed by atoms with van der Waals surface area (Å²) >= 11 is 1.78. The highest BCUT2D eigenvalue weighted by atomic mass is 32.2. The third kappa shape index (κ3) is 2.41. The number of aliphatic imine (C=N–C) groups is 1. The Morgan fingerprint density at radius 3 is 3.00 bits per heavy atom. The van der Waals surface area contributed by atoms with E-state index in [1.807, 2.05) is 6.26 Å². The minimum absolute atomic E-state index is 0.0615. The number of hydrogen-bond donors (Lipinski definition) is 2. The van der Waals surface area contributed by atoms with E-state index in [1.165, 1.54) is 0 Å². The minimum atomic E-state index is -0.239. The van der Waals surface area contributed by atoms with E-state index in [0.717, 1.165) is 18.6 Å². The molecule has 5 heteroatoms. The van der Waals surface area contributed by atoms with Crippen molar-refractivity contribution in [1.29, 1.82) is 0 Å². The van der Waals surface area contributed by atoms with E-state index >= 15 is 0 Å². The summed E-state index contributed by atoms with van der Waals surface area (Å²) < 4.78 is 0. The lowest BCUT2D eigenvalue weighted by molar-refractivity contribution is -0.120. The van der Waals surface area contributed by atoms with Gasteiger partial charge in [-0.15, -0.1) is 0 Å². The molecule has 1 aliphatic heterocycles. The van der Waals surface area contributed by atoms with Crippen LogP contribution >= 0.6 is 11.8 Å². The zero-order chi connectivity index (χ0) is 8.97. The average molecular weight is 187 g/mol. The standard InChI is InChI=1S/C7H13N3OS/c1-12-4-2-3-5-6(11)10-7(8)9-5/h5H,2-4H2,1H3,(H3,8,9,10,11). The molecule has 0 aromatic rings. The smallest absolute Gasteiger partial charge is 0.251 e. The SMILES string of the molecule is CSCCCC1N=C(N)NC1=O. The number of nitrogens with one attached hydrogen (secondary N) is 1. The summed E-state index contributed by atoms with van der Waals surface area (Å²) in [7, 11) is 0. The van der Waals surface area contributed by atoms with Crippen molar-refractivity contribution in [3.63, 3.8) is 0 Å². The molecule has 0 fully saturated rings. The molecule has 1 aliphatic rings. The molecule has 0 aromatic heterocycles. The van der Waals surface area contributed by atoms with Crippen molar-refractivity contribution in [3.05, 3.63) is 0 Å². The molecule has 0 radical (unpaired) electrons. The van der Waals surface area contributed by atoms with Crippen molar-refractivity contribution in [2.24, 2.45) is 10.7 Å². The maximum atomic E-state index is 11.1. The van der Waals surface area contributed by atoms with Gasteiger partial charge in [0.1, 0.15) is 6.04 Å². The summed E-state index contributed by atoms with van der Waals surface area (Å²) in [5, 5.41) is 2.48. The van der Waals surface area contributed by atoms with Gasteiger partial charge in [-0.2, -0.15) is 11.8 Å². The van der Waals surface area contributed by atoms with Gasteiger partial charge in [-0.3, -0.25) is 10.1 Å². The fourth-order valence-electron chi connectivity index (χ4n) is 1.08. The number of nitrogens with zero attached hydrogens (tertiary/aromatic N) is 1. The van der Waals surface area contributed by atoms with Crippen LogP contribution in [-0.2, 0) is 4.79 Å². The number of carbonyl (C=O) groups excluding carboxylic acids is 1. The summed E-state index contributed by atoms with van der Waals surface area (Å²) in [5.74, 6) is 1.27. The van der Waals surface area contributed by atoms with Gasteiger partial charge >= 0.3 is 0 Å². The summed E-state index contributed by atoms with van der Waals surface area (Å²) in [4.78, 5) is 15.0. The molecule has 3 N–H and O–H groups in total. The Bertz CT molecular complexity index is 205. The zero-order valence-electron chi connectivity index (χ0n) is 7.04. The van der Waals surface area contributed by atoms with Crippen LogP contribution in [0.4, 0.5) is 0 Å². The molecule has 68 valence electrons. The zero-order valence-corrected chi connectivity index (χ0v) is 7.86. The number of nitrogens with two attached hydrogens (primary N) is 1. The van der Waals surface area contributed by atoms with E-state index in [4.69, 9.17) is 5.73 Å². The average Bonchev–Trinajstić information content (AvgIpc) is 2.31. The highest BCUT2D eigenvalue weighted by molar-refractivity contribution is 7.98. The Kier molecular flexibility index (Phi) is 3.40. The molecule has 1 heterocycles. The first-order valence-electron chi connectivity index (χ1n) is 3.87. The van der Waals surface area contributed by atoms with E-state index in [2.05, 4.69) is 10.3 Å². The Morgan fingerprint density at radius 2 is 2.50 bits per heavy atom. The van der Waals surface area contributed by atoms with Gasteiger partial charge in [-0.25, -0.2) is 4.99 Å². The molecule has 1 atom stereocenters. The predicted octanol–water partition coefficient (Wildman–Crippen LogP) is -0.0573. The topological polar surface area (TPSA) is 67.5 Å². The van der Waals surface area contributed by atoms with Crippen LogP contribution in [0.25, 0.3) is 0 Å². The van der Waals surface area contributed by atoms with Crippen LogP contribution < -0.4 is 11.1 Å². The van der Waals surface area contributed by atoms with E-state index in [-0.39, 0.29) is 17.9 Å². The van der Waals surface area contributed by atoms with Crippen molar-refractivity contribution in [1.82, 2.24) is 5.32 Å². The molecule has 1 unspecified atom stereocenters. The minimum Gasteiger partial charge on any atom is -0.370 e. The molecule has 0 spiro atoms. The lowest BCUT2D eigenvalue weighted by atomic mass is 10.2. The Morgan fingerprint density at radius 1 is 1.75 bits per heavy atom. The van der Waals surface area contributed by atoms with Crippen molar-refractivity contribution in [2.45, 2.75) is 18.9 Å². The number of thioether (sulfide) groups is 1. The molecule has 0 saturated heterocycles. The van der Waals surface area contributed by atoms with Gasteiger partial charge in [0.15, 0.2) is 5.96 Å². The van der Waals surface area contributed by atoms with Gasteiger partial charge in [0.2, 0.25) is 0 Å². The van der Waals surface area contributed by atoms with E-state index in [9.17, 15) is 4.79 Å². The maximum absolute atomic E-state index is 11.1. The second kappa shape index (κ2) is 4.35. The number of amides is 1. The van der Waals surface area contributed by atoms with Crippen LogP contribution in [0.1, 0.15) is 12.8 Å². The van der Waals surface area contributed by atoms with E-state index in [1.54, 1.807) is 11.8 Å². The number of hydrogen-bond acceptors (Lipinski definition) is 4. The molecular formula is C7H13N3OS. The highest BCUT2D eigenvalue weighted by Gasteiger charge is 2.23. The third-order valence-corrected chi connectivity index (χ3v) is 2.37. The summed E-state index contributed by atoms with van der Waals surface area (Å²) in [6.07, 6.45) is 3.86. The Labute approximate surface area is 76.0 Å². The fourth-order valence-corrected chi connectivity index (χ4v) is 1.54. The first-order valence-corrected chi connectivity index (χ1v) is 5.26. The molecular weight excluding hydrogens is 174 g/mol. The molecule has 1 rings (SSSR count). The van der Waals surface area contributed by atoms with Crippen LogP contribution in [0.2, 0.25) is 0 Å². The normalized spacial score (nSPS) is 22.2. The maximum Gasteiger partial charge on any atom is 0.251 e. The van der Waals surface area contributed by atoms with Crippen molar-refractivity contribution in [2.75, 3.05) is 12.0 Å². The van der Waals surface area contributed by atoms with Crippen LogP contribution in [0.15, 0.2) is 4.99 Å². The summed E-state index contributed by atoms with van der Waals surface area (Å²) in [5.41, 5.74) is 5.33. The van der Waals surface area contributed by atoms with Gasteiger partial charge in [0.25, 0.3) is 5.91 Å². The number of carbonyl (C=O) groups is 1. The van der Waals surface area contributed by atoms with E-state index in [0.29, 0.717) is 0 Å². The van der Waals surface area contributed by atoms with Gasteiger partial charge < -0.3 is 5.73 Å². The molecule has 0 bridgehead atoms. The van der Waals surface area contributed by atoms with Crippen molar-refractivity contribution >= 4 is 23.6 Å². The lowest BCUT2D eigenvalue weighted by Gasteiger charge is -2.01. The fraction of sp³-hybridized carbons (Fsp3) is 0.714. The number of rotatable bonds is 4. The molecule has 4 nitrogen and oxygen atoms in total. The third-order valence-electron chi connectivity index (χ3n) is 1.67. The van der Waals surface area contributed by atoms with Crippen LogP contribution in [0, 0.1) is 0 Å². The molecule has 1 amide bonds. The van der Waals surface area contributed by atoms with Crippen LogP contribution in [0.5, 0.6) is 0 Å². The van der Waals surface area contributed by atoms with Crippen LogP contribution in [0.3, 0.4) is 0 Å². The second-order valence-electron chi connectivity index (χ2n) is 2.65. The van der Waals surface area contributed by atoms with Gasteiger partial charge in [0, 0.05) is 0 Å². The summed E-state index contributed by atoms with van der Waals surface area (Å²) in [6, 6.07) is -0.239. The molecule has 12 heavy (non-hydrogen) atoms. The first kappa shape index (κ1) is 9.38. The van der Waals surface area contributed by atoms with Crippen LogP contribution in [-0.4, -0.2) is 29.9 Å². The largest absolute Gasteiger partial charge is 0.370 e. The van der Waals surface area contributed by atoms with E-state index < -0.39 is 0 Å². The molecule has 0 aliphatic carbocycles. The molecule has 0 saturated carbocycles. The predicted molar refractivity (Wildman–Crippen MR) is 51.2 cm³/mol. The number of guanidine groups is 1. The van der Waals surface area contributed by atoms with Gasteiger partial charge in [-0.05, 0) is 24.9 Å². The second-order valence-corrected chi connectivity index (χ2v) is 3.64. The van der Waals surface area contributed by atoms with Gasteiger partial charge in [0.05, 0.1) is 0 Å². The monoisotopic (exact) mass is 187 g/mol. The summed E-state index contributed by atoms with van der Waals surface area (Å²) in [6.45, 7) is 0. The lowest BCUT2D eigenvalue weighted by Crippen LogP contribution is -2.33.